The summed E-state index contributed by atoms with van der Waals surface area (Å²) in [4.78, 5) is 0. The summed E-state index contributed by atoms with van der Waals surface area (Å²) >= 11 is 0. The lowest BCUT2D eigenvalue weighted by Crippen LogP contribution is -2.17. The van der Waals surface area contributed by atoms with Crippen molar-refractivity contribution < 1.29 is 4.39 Å². The van der Waals surface area contributed by atoms with Gasteiger partial charge in [0.1, 0.15) is 6.07 Å². The summed E-state index contributed by atoms with van der Waals surface area (Å²) in [6.07, 6.45) is 20.7. The van der Waals surface area contributed by atoms with Crippen LogP contribution in [0.25, 0.3) is 0 Å². The van der Waals surface area contributed by atoms with Crippen molar-refractivity contribution in [3.8, 4) is 6.07 Å². The zero-order valence-corrected chi connectivity index (χ0v) is 19.6. The molecule has 0 heterocycles. The van der Waals surface area contributed by atoms with Gasteiger partial charge in [0, 0.05) is 0 Å². The minimum absolute atomic E-state index is 0.618. The number of benzene rings is 1. The summed E-state index contributed by atoms with van der Waals surface area (Å²) in [7, 11) is 0. The fourth-order valence-corrected chi connectivity index (χ4v) is 5.89. The van der Waals surface area contributed by atoms with E-state index in [4.69, 9.17) is 5.26 Å². The van der Waals surface area contributed by atoms with Gasteiger partial charge >= 0.3 is 0 Å². The second-order valence-corrected chi connectivity index (χ2v) is 10.3. The number of aryl methyl sites for hydroxylation is 1. The number of nitriles is 1. The maximum atomic E-state index is 12.9. The fraction of sp³-hybridized carbons (Fsp3) is 0.690. The van der Waals surface area contributed by atoms with E-state index in [9.17, 15) is 4.39 Å². The summed E-state index contributed by atoms with van der Waals surface area (Å²) in [5.74, 6) is 2.76. The predicted octanol–water partition coefficient (Wildman–Crippen LogP) is 9.05. The molecule has 0 atom stereocenters. The van der Waals surface area contributed by atoms with Crippen LogP contribution in [0.1, 0.15) is 114 Å². The first-order valence-electron chi connectivity index (χ1n) is 13.0. The summed E-state index contributed by atoms with van der Waals surface area (Å²) in [5.41, 5.74) is 3.07. The Morgan fingerprint density at radius 2 is 1.45 bits per heavy atom. The van der Waals surface area contributed by atoms with Crippen molar-refractivity contribution in [3.63, 3.8) is 0 Å². The van der Waals surface area contributed by atoms with Gasteiger partial charge in [0.2, 0.25) is 0 Å². The van der Waals surface area contributed by atoms with Crippen LogP contribution in [0.15, 0.2) is 36.2 Å². The van der Waals surface area contributed by atoms with Gasteiger partial charge in [-0.05, 0) is 92.2 Å². The van der Waals surface area contributed by atoms with Gasteiger partial charge in [-0.15, -0.1) is 0 Å². The maximum Gasteiger partial charge on any atom is 0.196 e. The monoisotopic (exact) mass is 423 g/mol. The highest BCUT2D eigenvalue weighted by Crippen LogP contribution is 2.40. The minimum atomic E-state index is -0.618. The summed E-state index contributed by atoms with van der Waals surface area (Å²) in [5, 5.41) is 8.49. The zero-order valence-electron chi connectivity index (χ0n) is 19.6. The Bertz CT molecular complexity index is 697. The molecule has 1 aromatic carbocycles. The van der Waals surface area contributed by atoms with Crippen LogP contribution < -0.4 is 0 Å². The van der Waals surface area contributed by atoms with Crippen LogP contribution in [0.2, 0.25) is 0 Å². The van der Waals surface area contributed by atoms with Gasteiger partial charge in [-0.3, -0.25) is 0 Å². The summed E-state index contributed by atoms with van der Waals surface area (Å²) in [6, 6.07) is 11.1. The van der Waals surface area contributed by atoms with E-state index in [1.54, 1.807) is 11.6 Å². The number of nitrogens with zero attached hydrogens (tertiary/aromatic N) is 1. The molecule has 1 aromatic rings. The Hall–Kier alpha value is -1.62. The van der Waals surface area contributed by atoms with E-state index in [0.29, 0.717) is 0 Å². The Labute approximate surface area is 190 Å². The molecular formula is C29H42FN. The molecule has 2 aliphatic rings. The van der Waals surface area contributed by atoms with Crippen LogP contribution in [0.5, 0.6) is 0 Å². The Morgan fingerprint density at radius 1 is 0.903 bits per heavy atom. The van der Waals surface area contributed by atoms with Crippen LogP contribution in [-0.2, 0) is 6.42 Å². The standard InChI is InChI=1S/C29H42FN/c1-2-3-5-23-14-18-27(19-15-23)28-20-16-26(17-21-28)13-12-25-10-8-24(9-11-25)6-4-7-29(30)22-31/h7,14-15,18-19,24-26,28H,2-6,8-13,16-17,20-21H2,1H3/b29-7-. The third-order valence-corrected chi connectivity index (χ3v) is 8.07. The molecule has 0 unspecified atom stereocenters. The van der Waals surface area contributed by atoms with Gasteiger partial charge in [0.15, 0.2) is 5.83 Å². The summed E-state index contributed by atoms with van der Waals surface area (Å²) in [6.45, 7) is 2.26. The Kier molecular flexibility index (Phi) is 10.1. The Balaban J connectivity index is 1.30. The molecule has 0 aromatic heterocycles. The number of unbranched alkanes of at least 4 members (excludes halogenated alkanes) is 1. The van der Waals surface area contributed by atoms with E-state index in [-0.39, 0.29) is 0 Å². The molecule has 0 saturated heterocycles. The number of halogens is 1. The topological polar surface area (TPSA) is 23.8 Å². The molecule has 2 heteroatoms. The first-order valence-corrected chi connectivity index (χ1v) is 13.0. The minimum Gasteiger partial charge on any atom is -0.195 e. The van der Waals surface area contributed by atoms with E-state index in [1.165, 1.54) is 95.1 Å². The van der Waals surface area contributed by atoms with Crippen molar-refractivity contribution in [2.24, 2.45) is 17.8 Å². The molecule has 31 heavy (non-hydrogen) atoms. The van der Waals surface area contributed by atoms with E-state index in [1.807, 2.05) is 0 Å². The Morgan fingerprint density at radius 3 is 2.00 bits per heavy atom. The van der Waals surface area contributed by atoms with E-state index < -0.39 is 5.83 Å². The lowest BCUT2D eigenvalue weighted by Gasteiger charge is -2.32. The lowest BCUT2D eigenvalue weighted by atomic mass is 9.74. The van der Waals surface area contributed by atoms with Crippen molar-refractivity contribution in [2.45, 2.75) is 109 Å². The molecule has 0 spiro atoms. The zero-order chi connectivity index (χ0) is 21.9. The van der Waals surface area contributed by atoms with Gasteiger partial charge in [-0.1, -0.05) is 76.1 Å². The molecule has 1 nitrogen and oxygen atoms in total. The molecule has 2 fully saturated rings. The largest absolute Gasteiger partial charge is 0.196 e. The van der Waals surface area contributed by atoms with Crippen LogP contribution >= 0.6 is 0 Å². The highest BCUT2D eigenvalue weighted by molar-refractivity contribution is 5.26. The van der Waals surface area contributed by atoms with Crippen molar-refractivity contribution >= 4 is 0 Å². The third kappa shape index (κ3) is 8.10. The molecule has 0 N–H and O–H groups in total. The number of hydrogen-bond donors (Lipinski definition) is 0. The molecule has 2 aliphatic carbocycles. The highest BCUT2D eigenvalue weighted by atomic mass is 19.1. The van der Waals surface area contributed by atoms with Gasteiger partial charge < -0.3 is 0 Å². The first kappa shape index (κ1) is 24.0. The van der Waals surface area contributed by atoms with Gasteiger partial charge in [-0.2, -0.15) is 9.65 Å². The predicted molar refractivity (Wildman–Crippen MR) is 128 cm³/mol. The van der Waals surface area contributed by atoms with Gasteiger partial charge in [0.05, 0.1) is 0 Å². The molecule has 0 amide bonds. The molecule has 0 bridgehead atoms. The van der Waals surface area contributed by atoms with Crippen molar-refractivity contribution in [2.75, 3.05) is 0 Å². The van der Waals surface area contributed by atoms with Crippen molar-refractivity contribution in [1.29, 1.82) is 5.26 Å². The molecule has 2 saturated carbocycles. The average molecular weight is 424 g/mol. The first-order chi connectivity index (χ1) is 15.2. The number of allylic oxidation sites excluding steroid dienone is 2. The molecule has 3 rings (SSSR count). The SMILES string of the molecule is CCCCc1ccc(C2CCC(CCC3CCC(CC/C=C(\F)C#N)CC3)CC2)cc1. The summed E-state index contributed by atoms with van der Waals surface area (Å²) < 4.78 is 12.9. The fourth-order valence-electron chi connectivity index (χ4n) is 5.89. The van der Waals surface area contributed by atoms with E-state index in [0.717, 1.165) is 36.5 Å². The molecular weight excluding hydrogens is 381 g/mol. The van der Waals surface area contributed by atoms with Crippen molar-refractivity contribution in [3.05, 3.63) is 47.3 Å². The number of hydrogen-bond acceptors (Lipinski definition) is 1. The van der Waals surface area contributed by atoms with Gasteiger partial charge in [-0.25, -0.2) is 0 Å². The van der Waals surface area contributed by atoms with Crippen LogP contribution in [0.3, 0.4) is 0 Å². The smallest absolute Gasteiger partial charge is 0.195 e. The molecule has 0 aliphatic heterocycles. The van der Waals surface area contributed by atoms with E-state index >= 15 is 0 Å². The molecule has 170 valence electrons. The average Bonchev–Trinajstić information content (AvgIpc) is 2.83. The van der Waals surface area contributed by atoms with Crippen LogP contribution in [0, 0.1) is 29.1 Å². The molecule has 0 radical (unpaired) electrons. The number of rotatable bonds is 10. The van der Waals surface area contributed by atoms with Gasteiger partial charge in [0.25, 0.3) is 0 Å². The second-order valence-electron chi connectivity index (χ2n) is 10.3. The van der Waals surface area contributed by atoms with Crippen LogP contribution in [0.4, 0.5) is 4.39 Å². The van der Waals surface area contributed by atoms with E-state index in [2.05, 4.69) is 31.2 Å². The quantitative estimate of drug-likeness (QED) is 0.344. The van der Waals surface area contributed by atoms with Crippen LogP contribution in [-0.4, -0.2) is 0 Å². The highest BCUT2D eigenvalue weighted by Gasteiger charge is 2.25. The second kappa shape index (κ2) is 13.0. The maximum absolute atomic E-state index is 12.9. The van der Waals surface area contributed by atoms with Crippen molar-refractivity contribution in [1.82, 2.24) is 0 Å². The lowest BCUT2D eigenvalue weighted by molar-refractivity contribution is 0.225. The normalized spacial score (nSPS) is 27.1. The third-order valence-electron chi connectivity index (χ3n) is 8.07.